The Morgan fingerprint density at radius 2 is 1.48 bits per heavy atom. The lowest BCUT2D eigenvalue weighted by molar-refractivity contribution is 0.318. The van der Waals surface area contributed by atoms with E-state index in [0.29, 0.717) is 5.56 Å². The van der Waals surface area contributed by atoms with Crippen LogP contribution in [-0.4, -0.2) is 16.1 Å². The monoisotopic (exact) mass is 304 g/mol. The molecule has 0 saturated carbocycles. The second kappa shape index (κ2) is 6.23. The van der Waals surface area contributed by atoms with E-state index in [2.05, 4.69) is 5.16 Å². The summed E-state index contributed by atoms with van der Waals surface area (Å²) < 4.78 is 0. The van der Waals surface area contributed by atoms with Gasteiger partial charge in [-0.25, -0.2) is 0 Å². The fourth-order valence-corrected chi connectivity index (χ4v) is 2.62. The van der Waals surface area contributed by atoms with Crippen molar-refractivity contribution in [2.45, 2.75) is 0 Å². The van der Waals surface area contributed by atoms with Crippen molar-refractivity contribution in [3.63, 3.8) is 0 Å². The number of rotatable bonds is 3. The zero-order valence-electron chi connectivity index (χ0n) is 12.3. The van der Waals surface area contributed by atoms with Gasteiger partial charge in [0.15, 0.2) is 5.84 Å². The van der Waals surface area contributed by atoms with Gasteiger partial charge < -0.3 is 16.0 Å². The number of benzene rings is 3. The molecular formula is C19H16N2O2. The van der Waals surface area contributed by atoms with E-state index in [-0.39, 0.29) is 11.6 Å². The van der Waals surface area contributed by atoms with Crippen molar-refractivity contribution in [1.82, 2.24) is 0 Å². The minimum Gasteiger partial charge on any atom is -0.508 e. The summed E-state index contributed by atoms with van der Waals surface area (Å²) in [6.45, 7) is 0. The van der Waals surface area contributed by atoms with E-state index in [1.54, 1.807) is 12.1 Å². The Morgan fingerprint density at radius 1 is 0.783 bits per heavy atom. The molecule has 0 heterocycles. The molecule has 4 N–H and O–H groups in total. The van der Waals surface area contributed by atoms with Gasteiger partial charge in [-0.2, -0.15) is 0 Å². The average molecular weight is 304 g/mol. The maximum atomic E-state index is 9.50. The van der Waals surface area contributed by atoms with Gasteiger partial charge in [0.25, 0.3) is 0 Å². The average Bonchev–Trinajstić information content (AvgIpc) is 2.62. The van der Waals surface area contributed by atoms with Gasteiger partial charge in [-0.15, -0.1) is 0 Å². The van der Waals surface area contributed by atoms with Crippen LogP contribution in [0.2, 0.25) is 0 Å². The highest BCUT2D eigenvalue weighted by atomic mass is 16.4. The molecule has 0 radical (unpaired) electrons. The lowest BCUT2D eigenvalue weighted by atomic mass is 9.90. The third kappa shape index (κ3) is 2.87. The van der Waals surface area contributed by atoms with Gasteiger partial charge in [0.1, 0.15) is 5.75 Å². The van der Waals surface area contributed by atoms with E-state index in [0.717, 1.165) is 22.3 Å². The van der Waals surface area contributed by atoms with Crippen molar-refractivity contribution in [3.05, 3.63) is 78.4 Å². The van der Waals surface area contributed by atoms with Crippen LogP contribution in [0.4, 0.5) is 0 Å². The summed E-state index contributed by atoms with van der Waals surface area (Å²) in [6, 6.07) is 22.4. The molecule has 3 aromatic rings. The first-order valence-electron chi connectivity index (χ1n) is 7.16. The molecule has 0 saturated heterocycles. The van der Waals surface area contributed by atoms with Crippen LogP contribution in [0.5, 0.6) is 5.75 Å². The van der Waals surface area contributed by atoms with Gasteiger partial charge in [0, 0.05) is 11.1 Å². The Labute approximate surface area is 134 Å². The highest BCUT2D eigenvalue weighted by Crippen LogP contribution is 2.35. The molecule has 0 unspecified atom stereocenters. The third-order valence-corrected chi connectivity index (χ3v) is 3.69. The SMILES string of the molecule is NC(=NO)c1cccc(-c2ccc(O)cc2)c1-c1ccccc1. The van der Waals surface area contributed by atoms with Crippen LogP contribution >= 0.6 is 0 Å². The van der Waals surface area contributed by atoms with E-state index in [9.17, 15) is 5.11 Å². The van der Waals surface area contributed by atoms with Crippen molar-refractivity contribution in [2.75, 3.05) is 0 Å². The number of phenols is 1. The minimum absolute atomic E-state index is 0.0597. The lowest BCUT2D eigenvalue weighted by Gasteiger charge is -2.15. The highest BCUT2D eigenvalue weighted by Gasteiger charge is 2.14. The van der Waals surface area contributed by atoms with Crippen LogP contribution in [-0.2, 0) is 0 Å². The largest absolute Gasteiger partial charge is 0.508 e. The van der Waals surface area contributed by atoms with Crippen LogP contribution in [0.3, 0.4) is 0 Å². The van der Waals surface area contributed by atoms with Crippen molar-refractivity contribution in [2.24, 2.45) is 10.9 Å². The molecule has 3 aromatic carbocycles. The Balaban J connectivity index is 2.30. The van der Waals surface area contributed by atoms with Crippen molar-refractivity contribution in [3.8, 4) is 28.0 Å². The van der Waals surface area contributed by atoms with Gasteiger partial charge in [-0.1, -0.05) is 65.8 Å². The number of aromatic hydroxyl groups is 1. The highest BCUT2D eigenvalue weighted by molar-refractivity contribution is 6.06. The van der Waals surface area contributed by atoms with Gasteiger partial charge in [-0.3, -0.25) is 0 Å². The van der Waals surface area contributed by atoms with E-state index >= 15 is 0 Å². The van der Waals surface area contributed by atoms with Gasteiger partial charge >= 0.3 is 0 Å². The van der Waals surface area contributed by atoms with Crippen molar-refractivity contribution < 1.29 is 10.3 Å². The molecule has 114 valence electrons. The summed E-state index contributed by atoms with van der Waals surface area (Å²) in [5.41, 5.74) is 10.3. The molecule has 0 bridgehead atoms. The van der Waals surface area contributed by atoms with E-state index < -0.39 is 0 Å². The normalized spacial score (nSPS) is 11.4. The zero-order chi connectivity index (χ0) is 16.2. The van der Waals surface area contributed by atoms with Crippen LogP contribution in [0.15, 0.2) is 78.0 Å². The number of hydrogen-bond acceptors (Lipinski definition) is 3. The first-order chi connectivity index (χ1) is 11.2. The number of nitrogens with zero attached hydrogens (tertiary/aromatic N) is 1. The molecule has 4 nitrogen and oxygen atoms in total. The lowest BCUT2D eigenvalue weighted by Crippen LogP contribution is -2.14. The molecule has 0 aromatic heterocycles. The molecule has 0 atom stereocenters. The molecule has 0 spiro atoms. The fourth-order valence-electron chi connectivity index (χ4n) is 2.62. The summed E-state index contributed by atoms with van der Waals surface area (Å²) in [7, 11) is 0. The minimum atomic E-state index is 0.0597. The van der Waals surface area contributed by atoms with E-state index in [4.69, 9.17) is 10.9 Å². The molecule has 0 aliphatic rings. The number of amidine groups is 1. The standard InChI is InChI=1S/C19H16N2O2/c20-19(21-23)17-8-4-7-16(13-9-11-15(22)12-10-13)18(17)14-5-2-1-3-6-14/h1-12,22-23H,(H2,20,21). The van der Waals surface area contributed by atoms with E-state index in [1.165, 1.54) is 0 Å². The summed E-state index contributed by atoms with van der Waals surface area (Å²) in [4.78, 5) is 0. The molecule has 0 fully saturated rings. The first kappa shape index (κ1) is 14.7. The summed E-state index contributed by atoms with van der Waals surface area (Å²) in [5.74, 6) is 0.270. The number of phenolic OH excluding ortho intramolecular Hbond substituents is 1. The maximum Gasteiger partial charge on any atom is 0.170 e. The second-order valence-corrected chi connectivity index (χ2v) is 5.13. The van der Waals surface area contributed by atoms with Crippen molar-refractivity contribution >= 4 is 5.84 Å². The van der Waals surface area contributed by atoms with Gasteiger partial charge in [0.2, 0.25) is 0 Å². The summed E-state index contributed by atoms with van der Waals surface area (Å²) in [6.07, 6.45) is 0. The van der Waals surface area contributed by atoms with Crippen LogP contribution in [0.25, 0.3) is 22.3 Å². The topological polar surface area (TPSA) is 78.8 Å². The summed E-state index contributed by atoms with van der Waals surface area (Å²) in [5, 5.41) is 21.7. The molecule has 3 rings (SSSR count). The van der Waals surface area contributed by atoms with E-state index in [1.807, 2.05) is 60.7 Å². The van der Waals surface area contributed by atoms with Crippen LogP contribution in [0, 0.1) is 0 Å². The van der Waals surface area contributed by atoms with Crippen LogP contribution < -0.4 is 5.73 Å². The molecule has 23 heavy (non-hydrogen) atoms. The molecule has 0 aliphatic carbocycles. The Kier molecular flexibility index (Phi) is 3.97. The molecular weight excluding hydrogens is 288 g/mol. The third-order valence-electron chi connectivity index (χ3n) is 3.69. The van der Waals surface area contributed by atoms with Crippen LogP contribution in [0.1, 0.15) is 5.56 Å². The molecule has 0 amide bonds. The second-order valence-electron chi connectivity index (χ2n) is 5.13. The number of nitrogens with two attached hydrogens (primary N) is 1. The molecule has 4 heteroatoms. The molecule has 0 aliphatic heterocycles. The number of oxime groups is 1. The predicted molar refractivity (Wildman–Crippen MR) is 91.5 cm³/mol. The Hall–Kier alpha value is -3.27. The quantitative estimate of drug-likeness (QED) is 0.298. The Morgan fingerprint density at radius 3 is 2.13 bits per heavy atom. The van der Waals surface area contributed by atoms with Gasteiger partial charge in [-0.05, 0) is 28.8 Å². The summed E-state index contributed by atoms with van der Waals surface area (Å²) >= 11 is 0. The van der Waals surface area contributed by atoms with Crippen molar-refractivity contribution in [1.29, 1.82) is 0 Å². The van der Waals surface area contributed by atoms with Gasteiger partial charge in [0.05, 0.1) is 0 Å². The fraction of sp³-hybridized carbons (Fsp3) is 0. The maximum absolute atomic E-state index is 9.50. The first-order valence-corrected chi connectivity index (χ1v) is 7.16. The smallest absolute Gasteiger partial charge is 0.170 e. The number of hydrogen-bond donors (Lipinski definition) is 3. The Bertz CT molecular complexity index is 841. The zero-order valence-corrected chi connectivity index (χ0v) is 12.3. The predicted octanol–water partition coefficient (Wildman–Crippen LogP) is 3.82.